The van der Waals surface area contributed by atoms with Gasteiger partial charge in [0.15, 0.2) is 0 Å². The van der Waals surface area contributed by atoms with Crippen LogP contribution in [-0.4, -0.2) is 35.3 Å². The normalized spacial score (nSPS) is 10.3. The van der Waals surface area contributed by atoms with Gasteiger partial charge in [-0.25, -0.2) is 4.98 Å². The average Bonchev–Trinajstić information content (AvgIpc) is 3.02. The Morgan fingerprint density at radius 1 is 1.08 bits per heavy atom. The van der Waals surface area contributed by atoms with E-state index in [1.54, 1.807) is 6.07 Å². The maximum atomic E-state index is 9.03. The van der Waals surface area contributed by atoms with Crippen molar-refractivity contribution in [2.45, 2.75) is 13.8 Å². The molecule has 128 valence electrons. The van der Waals surface area contributed by atoms with E-state index in [0.717, 1.165) is 28.1 Å². The summed E-state index contributed by atoms with van der Waals surface area (Å²) in [5.74, 6) is 0.753. The SMILES string of the molecule is CC.CN(CCO)c1ccc2nc(-c3ccc(N)c(N)c3)[nH]c2c1. The number of fused-ring (bicyclic) bond motifs is 1. The average molecular weight is 327 g/mol. The van der Waals surface area contributed by atoms with E-state index in [9.17, 15) is 0 Å². The molecule has 0 aliphatic carbocycles. The summed E-state index contributed by atoms with van der Waals surface area (Å²) in [4.78, 5) is 9.87. The van der Waals surface area contributed by atoms with Crippen LogP contribution < -0.4 is 16.4 Å². The van der Waals surface area contributed by atoms with E-state index in [2.05, 4.69) is 9.97 Å². The number of nitrogens with two attached hydrogens (primary N) is 2. The van der Waals surface area contributed by atoms with Crippen LogP contribution >= 0.6 is 0 Å². The molecule has 3 aromatic rings. The summed E-state index contributed by atoms with van der Waals surface area (Å²) < 4.78 is 0. The number of nitrogen functional groups attached to an aromatic ring is 2. The van der Waals surface area contributed by atoms with Gasteiger partial charge in [0.25, 0.3) is 0 Å². The first-order valence-electron chi connectivity index (χ1n) is 8.05. The molecule has 24 heavy (non-hydrogen) atoms. The first kappa shape index (κ1) is 17.6. The number of anilines is 3. The predicted molar refractivity (Wildman–Crippen MR) is 102 cm³/mol. The molecule has 1 heterocycles. The quantitative estimate of drug-likeness (QED) is 0.552. The third-order valence-corrected chi connectivity index (χ3v) is 3.70. The van der Waals surface area contributed by atoms with Crippen molar-refractivity contribution in [1.82, 2.24) is 9.97 Å². The summed E-state index contributed by atoms with van der Waals surface area (Å²) in [5, 5.41) is 9.03. The van der Waals surface area contributed by atoms with Gasteiger partial charge < -0.3 is 26.5 Å². The predicted octanol–water partition coefficient (Wildman–Crippen LogP) is 2.85. The topological polar surface area (TPSA) is 104 Å². The minimum atomic E-state index is 0.119. The summed E-state index contributed by atoms with van der Waals surface area (Å²) in [6, 6.07) is 11.4. The Kier molecular flexibility index (Phi) is 5.65. The summed E-state index contributed by atoms with van der Waals surface area (Å²) in [7, 11) is 1.94. The number of aromatic nitrogens is 2. The maximum Gasteiger partial charge on any atom is 0.138 e. The third-order valence-electron chi connectivity index (χ3n) is 3.70. The second kappa shape index (κ2) is 7.70. The Morgan fingerprint density at radius 3 is 2.50 bits per heavy atom. The lowest BCUT2D eigenvalue weighted by molar-refractivity contribution is 0.304. The van der Waals surface area contributed by atoms with Crippen molar-refractivity contribution in [2.75, 3.05) is 36.6 Å². The standard InChI is InChI=1S/C16H19N5O.C2H6/c1-21(6-7-22)11-3-5-14-15(9-11)20-16(19-14)10-2-4-12(17)13(18)8-10;1-2/h2-5,8-9,22H,6-7,17-18H2,1H3,(H,19,20);1-2H3. The monoisotopic (exact) mass is 327 g/mol. The van der Waals surface area contributed by atoms with Crippen LogP contribution in [0.15, 0.2) is 36.4 Å². The minimum absolute atomic E-state index is 0.119. The van der Waals surface area contributed by atoms with Crippen molar-refractivity contribution in [2.24, 2.45) is 0 Å². The van der Waals surface area contributed by atoms with Gasteiger partial charge in [-0.1, -0.05) is 13.8 Å². The fourth-order valence-corrected chi connectivity index (χ4v) is 2.37. The van der Waals surface area contributed by atoms with Gasteiger partial charge in [-0.3, -0.25) is 0 Å². The molecule has 0 unspecified atom stereocenters. The van der Waals surface area contributed by atoms with Crippen LogP contribution in [0.4, 0.5) is 17.1 Å². The molecule has 0 radical (unpaired) electrons. The van der Waals surface area contributed by atoms with Gasteiger partial charge in [-0.05, 0) is 36.4 Å². The van der Waals surface area contributed by atoms with Crippen LogP contribution in [0.3, 0.4) is 0 Å². The fourth-order valence-electron chi connectivity index (χ4n) is 2.37. The number of benzene rings is 2. The smallest absolute Gasteiger partial charge is 0.138 e. The molecule has 6 nitrogen and oxygen atoms in total. The number of H-pyrrole nitrogens is 1. The largest absolute Gasteiger partial charge is 0.397 e. The zero-order valence-electron chi connectivity index (χ0n) is 14.4. The minimum Gasteiger partial charge on any atom is -0.397 e. The van der Waals surface area contributed by atoms with Crippen LogP contribution in [0.5, 0.6) is 0 Å². The Bertz CT molecular complexity index is 812. The molecule has 0 spiro atoms. The molecular formula is C18H25N5O. The summed E-state index contributed by atoms with van der Waals surface area (Å²) >= 11 is 0. The Hall–Kier alpha value is -2.73. The van der Waals surface area contributed by atoms with Gasteiger partial charge >= 0.3 is 0 Å². The zero-order valence-corrected chi connectivity index (χ0v) is 14.4. The van der Waals surface area contributed by atoms with Crippen molar-refractivity contribution in [1.29, 1.82) is 0 Å². The third kappa shape index (κ3) is 3.60. The van der Waals surface area contributed by atoms with Gasteiger partial charge in [-0.15, -0.1) is 0 Å². The number of rotatable bonds is 4. The van der Waals surface area contributed by atoms with Crippen LogP contribution in [0.2, 0.25) is 0 Å². The van der Waals surface area contributed by atoms with E-state index in [4.69, 9.17) is 16.6 Å². The van der Waals surface area contributed by atoms with E-state index < -0.39 is 0 Å². The van der Waals surface area contributed by atoms with Crippen LogP contribution in [-0.2, 0) is 0 Å². The summed E-state index contributed by atoms with van der Waals surface area (Å²) in [5.41, 5.74) is 16.4. The lowest BCUT2D eigenvalue weighted by Gasteiger charge is -2.17. The van der Waals surface area contributed by atoms with Crippen LogP contribution in [0.25, 0.3) is 22.4 Å². The molecule has 0 amide bonds. The first-order chi connectivity index (χ1) is 11.6. The number of nitrogens with one attached hydrogen (secondary N) is 1. The number of aromatic amines is 1. The molecule has 0 bridgehead atoms. The highest BCUT2D eigenvalue weighted by molar-refractivity contribution is 5.83. The Labute approximate surface area is 142 Å². The van der Waals surface area contributed by atoms with Crippen molar-refractivity contribution in [3.05, 3.63) is 36.4 Å². The number of nitrogens with zero attached hydrogens (tertiary/aromatic N) is 2. The molecule has 2 aromatic carbocycles. The summed E-state index contributed by atoms with van der Waals surface area (Å²) in [6.07, 6.45) is 0. The number of imidazole rings is 1. The van der Waals surface area contributed by atoms with Crippen molar-refractivity contribution < 1.29 is 5.11 Å². The highest BCUT2D eigenvalue weighted by Gasteiger charge is 2.08. The molecule has 0 saturated heterocycles. The Balaban J connectivity index is 0.00000100. The van der Waals surface area contributed by atoms with E-state index in [1.165, 1.54) is 0 Å². The number of aliphatic hydroxyl groups is 1. The summed E-state index contributed by atoms with van der Waals surface area (Å²) in [6.45, 7) is 4.70. The molecule has 0 aliphatic rings. The van der Waals surface area contributed by atoms with Gasteiger partial charge in [0.2, 0.25) is 0 Å². The lowest BCUT2D eigenvalue weighted by Crippen LogP contribution is -2.20. The maximum absolute atomic E-state index is 9.03. The molecule has 0 aliphatic heterocycles. The van der Waals surface area contributed by atoms with Crippen LogP contribution in [0, 0.1) is 0 Å². The molecule has 0 saturated carbocycles. The fraction of sp³-hybridized carbons (Fsp3) is 0.278. The number of likely N-dealkylation sites (N-methyl/N-ethyl adjacent to an activating group) is 1. The molecule has 1 aromatic heterocycles. The van der Waals surface area contributed by atoms with E-state index in [-0.39, 0.29) is 6.61 Å². The molecule has 6 heteroatoms. The van der Waals surface area contributed by atoms with Gasteiger partial charge in [0.05, 0.1) is 29.0 Å². The lowest BCUT2D eigenvalue weighted by atomic mass is 10.1. The molecule has 6 N–H and O–H groups in total. The van der Waals surface area contributed by atoms with E-state index in [0.29, 0.717) is 17.9 Å². The van der Waals surface area contributed by atoms with Crippen molar-refractivity contribution in [3.8, 4) is 11.4 Å². The molecule has 0 fully saturated rings. The van der Waals surface area contributed by atoms with Gasteiger partial charge in [-0.2, -0.15) is 0 Å². The zero-order chi connectivity index (χ0) is 17.7. The molecule has 3 rings (SSSR count). The van der Waals surface area contributed by atoms with E-state index in [1.807, 2.05) is 56.1 Å². The van der Waals surface area contributed by atoms with Gasteiger partial charge in [0.1, 0.15) is 5.82 Å². The first-order valence-corrected chi connectivity index (χ1v) is 8.05. The molecular weight excluding hydrogens is 302 g/mol. The van der Waals surface area contributed by atoms with Crippen molar-refractivity contribution >= 4 is 28.1 Å². The Morgan fingerprint density at radius 2 is 1.83 bits per heavy atom. The second-order valence-corrected chi connectivity index (χ2v) is 5.28. The second-order valence-electron chi connectivity index (χ2n) is 5.28. The number of hydrogen-bond donors (Lipinski definition) is 4. The molecule has 0 atom stereocenters. The highest BCUT2D eigenvalue weighted by Crippen LogP contribution is 2.27. The number of hydrogen-bond acceptors (Lipinski definition) is 5. The number of aliphatic hydroxyl groups excluding tert-OH is 1. The van der Waals surface area contributed by atoms with Gasteiger partial charge in [0, 0.05) is 24.8 Å². The van der Waals surface area contributed by atoms with Crippen molar-refractivity contribution in [3.63, 3.8) is 0 Å². The van der Waals surface area contributed by atoms with E-state index >= 15 is 0 Å². The van der Waals surface area contributed by atoms with Crippen LogP contribution in [0.1, 0.15) is 13.8 Å². The highest BCUT2D eigenvalue weighted by atomic mass is 16.3.